The van der Waals surface area contributed by atoms with E-state index in [1.807, 2.05) is 13.8 Å². The van der Waals surface area contributed by atoms with E-state index in [1.165, 1.54) is 12.1 Å². The quantitative estimate of drug-likeness (QED) is 0.624. The molecule has 0 heterocycles. The molecule has 0 aliphatic carbocycles. The first-order chi connectivity index (χ1) is 7.63. The fraction of sp³-hybridized carbons (Fsp3) is 0.500. The topological polar surface area (TPSA) is 75.4 Å². The van der Waals surface area contributed by atoms with Gasteiger partial charge in [-0.1, -0.05) is 0 Å². The van der Waals surface area contributed by atoms with Gasteiger partial charge in [-0.2, -0.15) is 0 Å². The fourth-order valence-corrected chi connectivity index (χ4v) is 1.18. The molecule has 0 amide bonds. The summed E-state index contributed by atoms with van der Waals surface area (Å²) in [6.45, 7) is 7.17. The van der Waals surface area contributed by atoms with Crippen molar-refractivity contribution < 1.29 is 10.0 Å². The lowest BCUT2D eigenvalue weighted by Gasteiger charge is -2.38. The lowest BCUT2D eigenvalue weighted by atomic mass is 9.86. The van der Waals surface area contributed by atoms with Gasteiger partial charge in [0.1, 0.15) is 0 Å². The normalized spacial score (nSPS) is 12.3. The molecule has 0 aliphatic heterocycles. The summed E-state index contributed by atoms with van der Waals surface area (Å²) in [5, 5.41) is 23.6. The number of benzene rings is 1. The van der Waals surface area contributed by atoms with Gasteiger partial charge in [0.25, 0.3) is 5.69 Å². The Balaban J connectivity index is 2.86. The van der Waals surface area contributed by atoms with Gasteiger partial charge in [0.05, 0.1) is 16.1 Å². The first kappa shape index (κ1) is 13.4. The molecule has 0 saturated heterocycles. The van der Waals surface area contributed by atoms with Crippen LogP contribution in [0.1, 0.15) is 27.7 Å². The smallest absolute Gasteiger partial charge is 0.269 e. The van der Waals surface area contributed by atoms with Crippen molar-refractivity contribution in [1.29, 1.82) is 0 Å². The largest absolute Gasteiger partial charge is 0.388 e. The number of rotatable bonds is 4. The minimum atomic E-state index is -0.908. The first-order valence-electron chi connectivity index (χ1n) is 5.38. The molecule has 5 nitrogen and oxygen atoms in total. The van der Waals surface area contributed by atoms with Crippen molar-refractivity contribution in [2.75, 3.05) is 5.32 Å². The third-order valence-corrected chi connectivity index (χ3v) is 3.06. The summed E-state index contributed by atoms with van der Waals surface area (Å²) < 4.78 is 0. The maximum Gasteiger partial charge on any atom is 0.269 e. The zero-order chi connectivity index (χ0) is 13.3. The van der Waals surface area contributed by atoms with Crippen molar-refractivity contribution in [3.63, 3.8) is 0 Å². The van der Waals surface area contributed by atoms with Crippen LogP contribution < -0.4 is 5.32 Å². The highest BCUT2D eigenvalue weighted by Gasteiger charge is 2.34. The van der Waals surface area contributed by atoms with Gasteiger partial charge < -0.3 is 10.4 Å². The minimum Gasteiger partial charge on any atom is -0.388 e. The average molecular weight is 238 g/mol. The van der Waals surface area contributed by atoms with Crippen LogP contribution in [0.4, 0.5) is 11.4 Å². The second-order valence-electron chi connectivity index (χ2n) is 5.11. The minimum absolute atomic E-state index is 0.0524. The number of nitrogens with one attached hydrogen (secondary N) is 1. The highest BCUT2D eigenvalue weighted by atomic mass is 16.6. The van der Waals surface area contributed by atoms with Gasteiger partial charge in [0.15, 0.2) is 0 Å². The van der Waals surface area contributed by atoms with Gasteiger partial charge in [0, 0.05) is 17.8 Å². The van der Waals surface area contributed by atoms with E-state index in [4.69, 9.17) is 0 Å². The molecule has 94 valence electrons. The molecule has 0 fully saturated rings. The Hall–Kier alpha value is -1.62. The number of nitro benzene ring substituents is 1. The van der Waals surface area contributed by atoms with Crippen molar-refractivity contribution in [3.8, 4) is 0 Å². The van der Waals surface area contributed by atoms with Crippen LogP contribution in [0, 0.1) is 10.1 Å². The van der Waals surface area contributed by atoms with E-state index in [0.29, 0.717) is 0 Å². The summed E-state index contributed by atoms with van der Waals surface area (Å²) in [6, 6.07) is 6.13. The molecular formula is C12H18N2O3. The van der Waals surface area contributed by atoms with Crippen LogP contribution in [0.3, 0.4) is 0 Å². The van der Waals surface area contributed by atoms with Gasteiger partial charge in [-0.3, -0.25) is 10.1 Å². The zero-order valence-electron chi connectivity index (χ0n) is 10.5. The van der Waals surface area contributed by atoms with E-state index in [0.717, 1.165) is 5.69 Å². The number of non-ortho nitro benzene ring substituents is 1. The third kappa shape index (κ3) is 3.17. The summed E-state index contributed by atoms with van der Waals surface area (Å²) in [5.41, 5.74) is -0.655. The van der Waals surface area contributed by atoms with E-state index >= 15 is 0 Å². The molecule has 1 aromatic rings. The standard InChI is InChI=1S/C12H18N2O3/c1-11(2,12(3,4)15)13-9-5-7-10(8-6-9)14(16)17/h5-8,13,15H,1-4H3. The van der Waals surface area contributed by atoms with Crippen LogP contribution in [0.2, 0.25) is 0 Å². The van der Waals surface area contributed by atoms with Gasteiger partial charge in [-0.25, -0.2) is 0 Å². The van der Waals surface area contributed by atoms with E-state index in [1.54, 1.807) is 26.0 Å². The molecule has 0 bridgehead atoms. The molecular weight excluding hydrogens is 220 g/mol. The van der Waals surface area contributed by atoms with E-state index in [9.17, 15) is 15.2 Å². The molecule has 0 aromatic heterocycles. The van der Waals surface area contributed by atoms with Crippen molar-refractivity contribution in [3.05, 3.63) is 34.4 Å². The predicted octanol–water partition coefficient (Wildman–Crippen LogP) is 2.56. The van der Waals surface area contributed by atoms with Gasteiger partial charge in [-0.05, 0) is 39.8 Å². The van der Waals surface area contributed by atoms with Crippen molar-refractivity contribution in [2.24, 2.45) is 0 Å². The number of hydrogen-bond donors (Lipinski definition) is 2. The Bertz CT molecular complexity index is 405. The Morgan fingerprint density at radius 1 is 1.18 bits per heavy atom. The van der Waals surface area contributed by atoms with Gasteiger partial charge in [-0.15, -0.1) is 0 Å². The Morgan fingerprint density at radius 2 is 1.65 bits per heavy atom. The highest BCUT2D eigenvalue weighted by Crippen LogP contribution is 2.26. The Kier molecular flexibility index (Phi) is 3.43. The molecule has 2 N–H and O–H groups in total. The van der Waals surface area contributed by atoms with Crippen LogP contribution in [0.25, 0.3) is 0 Å². The zero-order valence-corrected chi connectivity index (χ0v) is 10.5. The molecule has 0 spiro atoms. The van der Waals surface area contributed by atoms with Gasteiger partial charge >= 0.3 is 0 Å². The highest BCUT2D eigenvalue weighted by molar-refractivity contribution is 5.50. The number of nitro groups is 1. The number of hydrogen-bond acceptors (Lipinski definition) is 4. The van der Waals surface area contributed by atoms with E-state index in [-0.39, 0.29) is 5.69 Å². The van der Waals surface area contributed by atoms with Gasteiger partial charge in [0.2, 0.25) is 0 Å². The van der Waals surface area contributed by atoms with E-state index < -0.39 is 16.1 Å². The summed E-state index contributed by atoms with van der Waals surface area (Å²) in [5.74, 6) is 0. The molecule has 0 saturated carbocycles. The lowest BCUT2D eigenvalue weighted by molar-refractivity contribution is -0.384. The number of aliphatic hydroxyl groups is 1. The molecule has 5 heteroatoms. The molecule has 0 aliphatic rings. The summed E-state index contributed by atoms with van der Waals surface area (Å²) in [7, 11) is 0. The number of nitrogens with zero attached hydrogens (tertiary/aromatic N) is 1. The first-order valence-corrected chi connectivity index (χ1v) is 5.38. The van der Waals surface area contributed by atoms with Crippen molar-refractivity contribution in [1.82, 2.24) is 0 Å². The lowest BCUT2D eigenvalue weighted by Crippen LogP contribution is -2.51. The number of anilines is 1. The maximum atomic E-state index is 10.5. The molecule has 17 heavy (non-hydrogen) atoms. The average Bonchev–Trinajstić information content (AvgIpc) is 2.16. The molecule has 0 atom stereocenters. The Labute approximate surface area is 101 Å². The van der Waals surface area contributed by atoms with Crippen LogP contribution >= 0.6 is 0 Å². The van der Waals surface area contributed by atoms with Crippen LogP contribution in [-0.4, -0.2) is 21.2 Å². The molecule has 0 radical (unpaired) electrons. The van der Waals surface area contributed by atoms with Crippen molar-refractivity contribution in [2.45, 2.75) is 38.8 Å². The molecule has 0 unspecified atom stereocenters. The summed E-state index contributed by atoms with van der Waals surface area (Å²) in [6.07, 6.45) is 0. The summed E-state index contributed by atoms with van der Waals surface area (Å²) >= 11 is 0. The molecule has 1 aromatic carbocycles. The maximum absolute atomic E-state index is 10.5. The van der Waals surface area contributed by atoms with Crippen LogP contribution in [0.5, 0.6) is 0 Å². The second kappa shape index (κ2) is 4.33. The van der Waals surface area contributed by atoms with Crippen LogP contribution in [-0.2, 0) is 0 Å². The second-order valence-corrected chi connectivity index (χ2v) is 5.11. The van der Waals surface area contributed by atoms with E-state index in [2.05, 4.69) is 5.32 Å². The Morgan fingerprint density at radius 3 is 2.00 bits per heavy atom. The van der Waals surface area contributed by atoms with Crippen LogP contribution in [0.15, 0.2) is 24.3 Å². The van der Waals surface area contributed by atoms with Crippen molar-refractivity contribution >= 4 is 11.4 Å². The monoisotopic (exact) mass is 238 g/mol. The SMILES string of the molecule is CC(C)(O)C(C)(C)Nc1ccc([N+](=O)[O-])cc1. The predicted molar refractivity (Wildman–Crippen MR) is 67.1 cm³/mol. The third-order valence-electron chi connectivity index (χ3n) is 3.06. The fourth-order valence-electron chi connectivity index (χ4n) is 1.18. The summed E-state index contributed by atoms with van der Waals surface area (Å²) in [4.78, 5) is 10.1. The molecule has 1 rings (SSSR count).